The van der Waals surface area contributed by atoms with Gasteiger partial charge < -0.3 is 15.6 Å². The van der Waals surface area contributed by atoms with Crippen LogP contribution in [0.4, 0.5) is 24.8 Å². The fourth-order valence-electron chi connectivity index (χ4n) is 3.28. The number of anilines is 2. The van der Waals surface area contributed by atoms with Crippen LogP contribution in [-0.4, -0.2) is 22.2 Å². The van der Waals surface area contributed by atoms with Crippen LogP contribution in [0.5, 0.6) is 0 Å². The molecule has 0 atom stereocenters. The Balaban J connectivity index is 1.39. The van der Waals surface area contributed by atoms with Gasteiger partial charge in [-0.1, -0.05) is 29.4 Å². The van der Waals surface area contributed by atoms with E-state index in [-0.39, 0.29) is 30.8 Å². The fourth-order valence-corrected chi connectivity index (χ4v) is 3.28. The van der Waals surface area contributed by atoms with E-state index < -0.39 is 17.5 Å². The molecule has 1 aliphatic rings. The number of hydrogen-bond acceptors (Lipinski definition) is 5. The number of aryl methyl sites for hydroxylation is 1. The van der Waals surface area contributed by atoms with E-state index in [1.54, 1.807) is 18.3 Å². The summed E-state index contributed by atoms with van der Waals surface area (Å²) in [5, 5.41) is 6.05. The molecule has 30 heavy (non-hydrogen) atoms. The first-order chi connectivity index (χ1) is 14.2. The van der Waals surface area contributed by atoms with E-state index in [1.807, 2.05) is 25.1 Å². The zero-order valence-corrected chi connectivity index (χ0v) is 16.1. The van der Waals surface area contributed by atoms with Crippen LogP contribution in [0, 0.1) is 6.92 Å². The first-order valence-corrected chi connectivity index (χ1v) is 9.33. The number of amides is 1. The Labute approximate surface area is 170 Å². The maximum absolute atomic E-state index is 13.2. The van der Waals surface area contributed by atoms with Gasteiger partial charge in [0, 0.05) is 17.8 Å². The van der Waals surface area contributed by atoms with E-state index in [1.165, 1.54) is 0 Å². The molecule has 156 valence electrons. The van der Waals surface area contributed by atoms with E-state index in [0.29, 0.717) is 5.82 Å². The number of hydrogen-bond donors (Lipinski definition) is 2. The molecule has 0 saturated heterocycles. The molecule has 1 amide bonds. The summed E-state index contributed by atoms with van der Waals surface area (Å²) in [6.45, 7) is 1.87. The molecule has 1 saturated carbocycles. The van der Waals surface area contributed by atoms with Crippen molar-refractivity contribution >= 4 is 17.5 Å². The summed E-state index contributed by atoms with van der Waals surface area (Å²) in [5.41, 5.74) is 7.23. The molecule has 2 heterocycles. The molecule has 4 rings (SSSR count). The Bertz CT molecular complexity index is 1090. The van der Waals surface area contributed by atoms with E-state index in [4.69, 9.17) is 10.3 Å². The van der Waals surface area contributed by atoms with Crippen molar-refractivity contribution in [2.75, 3.05) is 11.1 Å². The van der Waals surface area contributed by atoms with Crippen LogP contribution < -0.4 is 11.1 Å². The Morgan fingerprint density at radius 1 is 1.20 bits per heavy atom. The summed E-state index contributed by atoms with van der Waals surface area (Å²) >= 11 is 0. The SMILES string of the molecule is Cc1cc(-c2ccc(CC(=O)Nc3cc(C4(C(F)(F)F)CC4)on3)cc2)cnc1N. The number of halogens is 3. The predicted octanol–water partition coefficient (Wildman–Crippen LogP) is 4.40. The minimum Gasteiger partial charge on any atom is -0.383 e. The number of benzene rings is 1. The van der Waals surface area contributed by atoms with Crippen molar-refractivity contribution in [1.82, 2.24) is 10.1 Å². The predicted molar refractivity (Wildman–Crippen MR) is 105 cm³/mol. The molecule has 0 radical (unpaired) electrons. The number of rotatable bonds is 5. The standard InChI is InChI=1S/C21H19F3N4O2/c1-12-8-15(11-26-19(12)25)14-4-2-13(3-5-14)9-18(29)27-17-10-16(30-28-17)20(6-7-20)21(22,23)24/h2-5,8,10-11H,6-7,9H2,1H3,(H2,25,26)(H,27,28,29). The van der Waals surface area contributed by atoms with Crippen molar-refractivity contribution in [3.63, 3.8) is 0 Å². The lowest BCUT2D eigenvalue weighted by Gasteiger charge is -2.14. The van der Waals surface area contributed by atoms with Gasteiger partial charge in [0.25, 0.3) is 0 Å². The van der Waals surface area contributed by atoms with Crippen LogP contribution in [0.15, 0.2) is 47.1 Å². The first-order valence-electron chi connectivity index (χ1n) is 9.33. The van der Waals surface area contributed by atoms with Gasteiger partial charge in [-0.2, -0.15) is 13.2 Å². The van der Waals surface area contributed by atoms with Gasteiger partial charge in [0.1, 0.15) is 11.2 Å². The van der Waals surface area contributed by atoms with E-state index in [9.17, 15) is 18.0 Å². The van der Waals surface area contributed by atoms with Crippen LogP contribution in [0.25, 0.3) is 11.1 Å². The average Bonchev–Trinajstić information content (AvgIpc) is 3.39. The zero-order valence-electron chi connectivity index (χ0n) is 16.1. The lowest BCUT2D eigenvalue weighted by atomic mass is 10.0. The number of carbonyl (C=O) groups excluding carboxylic acids is 1. The third-order valence-corrected chi connectivity index (χ3v) is 5.31. The Morgan fingerprint density at radius 3 is 2.50 bits per heavy atom. The van der Waals surface area contributed by atoms with Gasteiger partial charge in [-0.05, 0) is 42.5 Å². The normalized spacial score (nSPS) is 15.1. The molecule has 9 heteroatoms. The molecule has 0 bridgehead atoms. The molecule has 6 nitrogen and oxygen atoms in total. The molecule has 0 spiro atoms. The number of carbonyl (C=O) groups is 1. The fraction of sp³-hybridized carbons (Fsp3) is 0.286. The lowest BCUT2D eigenvalue weighted by Crippen LogP contribution is -2.28. The minimum absolute atomic E-state index is 0.0226. The Kier molecular flexibility index (Phi) is 4.76. The van der Waals surface area contributed by atoms with Gasteiger partial charge in [-0.15, -0.1) is 0 Å². The number of nitrogen functional groups attached to an aromatic ring is 1. The summed E-state index contributed by atoms with van der Waals surface area (Å²) in [4.78, 5) is 16.4. The van der Waals surface area contributed by atoms with Crippen molar-refractivity contribution in [3.8, 4) is 11.1 Å². The minimum atomic E-state index is -4.39. The smallest absolute Gasteiger partial charge is 0.383 e. The average molecular weight is 416 g/mol. The number of alkyl halides is 3. The Morgan fingerprint density at radius 2 is 1.90 bits per heavy atom. The molecule has 0 aliphatic heterocycles. The summed E-state index contributed by atoms with van der Waals surface area (Å²) < 4.78 is 44.3. The zero-order chi connectivity index (χ0) is 21.5. The molecular formula is C21H19F3N4O2. The van der Waals surface area contributed by atoms with Crippen LogP contribution in [0.2, 0.25) is 0 Å². The van der Waals surface area contributed by atoms with Crippen LogP contribution in [0.1, 0.15) is 29.7 Å². The quantitative estimate of drug-likeness (QED) is 0.643. The molecule has 3 aromatic rings. The highest BCUT2D eigenvalue weighted by atomic mass is 19.4. The van der Waals surface area contributed by atoms with E-state index >= 15 is 0 Å². The monoisotopic (exact) mass is 416 g/mol. The van der Waals surface area contributed by atoms with Crippen molar-refractivity contribution in [3.05, 3.63) is 59.5 Å². The molecule has 1 aliphatic carbocycles. The van der Waals surface area contributed by atoms with Crippen molar-refractivity contribution in [2.45, 2.75) is 37.8 Å². The second-order valence-corrected chi connectivity index (χ2v) is 7.50. The van der Waals surface area contributed by atoms with E-state index in [0.717, 1.165) is 28.3 Å². The van der Waals surface area contributed by atoms with E-state index in [2.05, 4.69) is 15.5 Å². The summed E-state index contributed by atoms with van der Waals surface area (Å²) in [7, 11) is 0. The third-order valence-electron chi connectivity index (χ3n) is 5.31. The maximum atomic E-state index is 13.2. The molecular weight excluding hydrogens is 397 g/mol. The number of pyridine rings is 1. The van der Waals surface area contributed by atoms with Gasteiger partial charge in [0.15, 0.2) is 11.6 Å². The third kappa shape index (κ3) is 3.74. The van der Waals surface area contributed by atoms with Crippen LogP contribution >= 0.6 is 0 Å². The van der Waals surface area contributed by atoms with Crippen LogP contribution in [0.3, 0.4) is 0 Å². The van der Waals surface area contributed by atoms with Gasteiger partial charge in [0.05, 0.1) is 6.42 Å². The molecule has 3 N–H and O–H groups in total. The number of aromatic nitrogens is 2. The van der Waals surface area contributed by atoms with Gasteiger partial charge in [-0.25, -0.2) is 4.98 Å². The van der Waals surface area contributed by atoms with Gasteiger partial charge in [-0.3, -0.25) is 4.79 Å². The Hall–Kier alpha value is -3.36. The number of nitrogens with zero attached hydrogens (tertiary/aromatic N) is 2. The van der Waals surface area contributed by atoms with Gasteiger partial charge >= 0.3 is 6.18 Å². The van der Waals surface area contributed by atoms with Crippen molar-refractivity contribution in [1.29, 1.82) is 0 Å². The van der Waals surface area contributed by atoms with Gasteiger partial charge in [0.2, 0.25) is 5.91 Å². The topological polar surface area (TPSA) is 94.0 Å². The highest BCUT2D eigenvalue weighted by molar-refractivity contribution is 5.91. The summed E-state index contributed by atoms with van der Waals surface area (Å²) in [6.07, 6.45) is -2.73. The maximum Gasteiger partial charge on any atom is 0.401 e. The second-order valence-electron chi connectivity index (χ2n) is 7.50. The molecule has 1 aromatic carbocycles. The highest BCUT2D eigenvalue weighted by Crippen LogP contribution is 2.59. The summed E-state index contributed by atoms with van der Waals surface area (Å²) in [5.74, 6) is -0.206. The lowest BCUT2D eigenvalue weighted by molar-refractivity contribution is -0.165. The van der Waals surface area contributed by atoms with Crippen molar-refractivity contribution in [2.24, 2.45) is 0 Å². The first kappa shape index (κ1) is 19.9. The molecule has 2 aromatic heterocycles. The summed E-state index contributed by atoms with van der Waals surface area (Å²) in [6, 6.07) is 10.4. The number of nitrogens with two attached hydrogens (primary N) is 1. The van der Waals surface area contributed by atoms with Crippen molar-refractivity contribution < 1.29 is 22.5 Å². The largest absolute Gasteiger partial charge is 0.401 e. The highest BCUT2D eigenvalue weighted by Gasteiger charge is 2.66. The van der Waals surface area contributed by atoms with Crippen LogP contribution in [-0.2, 0) is 16.6 Å². The second kappa shape index (κ2) is 7.16. The molecule has 1 fully saturated rings. The number of nitrogens with one attached hydrogen (secondary N) is 1. The molecule has 0 unspecified atom stereocenters.